The molecular formula is C21H21NO4. The van der Waals surface area contributed by atoms with Crippen LogP contribution in [0.4, 0.5) is 5.69 Å². The summed E-state index contributed by atoms with van der Waals surface area (Å²) in [5.41, 5.74) is 2.74. The van der Waals surface area contributed by atoms with Gasteiger partial charge >= 0.3 is 5.97 Å². The SMILES string of the molecule is CC(=O)c1ccccc1NC(=O)[C@H](C)OC(=O)/C=C/c1cccc(C)c1. The number of aryl methyl sites for hydroxylation is 1. The summed E-state index contributed by atoms with van der Waals surface area (Å²) in [6.45, 7) is 4.86. The van der Waals surface area contributed by atoms with Gasteiger partial charge in [-0.05, 0) is 44.5 Å². The number of hydrogen-bond donors (Lipinski definition) is 1. The number of esters is 1. The van der Waals surface area contributed by atoms with Crippen molar-refractivity contribution < 1.29 is 19.1 Å². The van der Waals surface area contributed by atoms with E-state index in [4.69, 9.17) is 4.74 Å². The fourth-order valence-corrected chi connectivity index (χ4v) is 2.34. The van der Waals surface area contributed by atoms with Crippen molar-refractivity contribution in [2.45, 2.75) is 26.9 Å². The Balaban J connectivity index is 1.96. The van der Waals surface area contributed by atoms with Crippen molar-refractivity contribution >= 4 is 29.4 Å². The van der Waals surface area contributed by atoms with Gasteiger partial charge in [0, 0.05) is 11.6 Å². The van der Waals surface area contributed by atoms with E-state index in [0.717, 1.165) is 11.1 Å². The van der Waals surface area contributed by atoms with Gasteiger partial charge in [0.25, 0.3) is 5.91 Å². The Morgan fingerprint density at radius 1 is 1.08 bits per heavy atom. The van der Waals surface area contributed by atoms with Gasteiger partial charge in [0.05, 0.1) is 5.69 Å². The Hall–Kier alpha value is -3.21. The zero-order valence-electron chi connectivity index (χ0n) is 15.0. The first-order chi connectivity index (χ1) is 12.4. The largest absolute Gasteiger partial charge is 0.449 e. The number of carbonyl (C=O) groups excluding carboxylic acids is 3. The first-order valence-corrected chi connectivity index (χ1v) is 8.23. The molecule has 0 heterocycles. The molecule has 5 heteroatoms. The molecule has 0 saturated carbocycles. The number of amides is 1. The van der Waals surface area contributed by atoms with E-state index in [1.165, 1.54) is 19.9 Å². The molecule has 2 aromatic carbocycles. The van der Waals surface area contributed by atoms with Crippen LogP contribution in [-0.4, -0.2) is 23.8 Å². The van der Waals surface area contributed by atoms with Crippen molar-refractivity contribution in [2.24, 2.45) is 0 Å². The first-order valence-electron chi connectivity index (χ1n) is 8.23. The molecule has 26 heavy (non-hydrogen) atoms. The summed E-state index contributed by atoms with van der Waals surface area (Å²) >= 11 is 0. The maximum absolute atomic E-state index is 12.2. The third-order valence-electron chi connectivity index (χ3n) is 3.68. The molecule has 0 fully saturated rings. The highest BCUT2D eigenvalue weighted by molar-refractivity contribution is 6.05. The van der Waals surface area contributed by atoms with E-state index < -0.39 is 18.0 Å². The molecular weight excluding hydrogens is 330 g/mol. The Kier molecular flexibility index (Phi) is 6.44. The standard InChI is InChI=1S/C21H21NO4/c1-14-7-6-8-17(13-14)11-12-20(24)26-16(3)21(25)22-19-10-5-4-9-18(19)15(2)23/h4-13,16H,1-3H3,(H,22,25)/b12-11+/t16-/m0/s1. The fraction of sp³-hybridized carbons (Fsp3) is 0.190. The van der Waals surface area contributed by atoms with Crippen molar-refractivity contribution in [1.82, 2.24) is 0 Å². The van der Waals surface area contributed by atoms with Gasteiger partial charge in [-0.3, -0.25) is 9.59 Å². The van der Waals surface area contributed by atoms with Crippen molar-refractivity contribution in [3.63, 3.8) is 0 Å². The van der Waals surface area contributed by atoms with Crippen LogP contribution in [0.25, 0.3) is 6.08 Å². The maximum Gasteiger partial charge on any atom is 0.331 e. The van der Waals surface area contributed by atoms with Crippen molar-refractivity contribution in [1.29, 1.82) is 0 Å². The van der Waals surface area contributed by atoms with Crippen molar-refractivity contribution in [3.8, 4) is 0 Å². The molecule has 134 valence electrons. The normalized spacial score (nSPS) is 11.8. The van der Waals surface area contributed by atoms with Gasteiger partial charge in [0.2, 0.25) is 0 Å². The number of hydrogen-bond acceptors (Lipinski definition) is 4. The van der Waals surface area contributed by atoms with Crippen LogP contribution in [-0.2, 0) is 14.3 Å². The minimum absolute atomic E-state index is 0.161. The predicted octanol–water partition coefficient (Wildman–Crippen LogP) is 3.78. The summed E-state index contributed by atoms with van der Waals surface area (Å²) in [6.07, 6.45) is 1.91. The quantitative estimate of drug-likeness (QED) is 0.488. The van der Waals surface area contributed by atoms with E-state index in [2.05, 4.69) is 5.32 Å². The van der Waals surface area contributed by atoms with Crippen molar-refractivity contribution in [3.05, 3.63) is 71.3 Å². The Morgan fingerprint density at radius 2 is 1.81 bits per heavy atom. The van der Waals surface area contributed by atoms with E-state index in [-0.39, 0.29) is 5.78 Å². The van der Waals surface area contributed by atoms with Crippen LogP contribution in [0.2, 0.25) is 0 Å². The molecule has 0 unspecified atom stereocenters. The maximum atomic E-state index is 12.2. The summed E-state index contributed by atoms with van der Waals surface area (Å²) in [5, 5.41) is 2.62. The molecule has 0 aliphatic heterocycles. The minimum atomic E-state index is -0.996. The Labute approximate surface area is 152 Å². The van der Waals surface area contributed by atoms with Crippen LogP contribution in [0.15, 0.2) is 54.6 Å². The molecule has 1 atom stereocenters. The predicted molar refractivity (Wildman–Crippen MR) is 101 cm³/mol. The van der Waals surface area contributed by atoms with E-state index in [9.17, 15) is 14.4 Å². The van der Waals surface area contributed by atoms with Gasteiger partial charge < -0.3 is 10.1 Å². The highest BCUT2D eigenvalue weighted by Crippen LogP contribution is 2.16. The summed E-state index contributed by atoms with van der Waals surface area (Å²) < 4.78 is 5.11. The van der Waals surface area contributed by atoms with E-state index >= 15 is 0 Å². The van der Waals surface area contributed by atoms with Gasteiger partial charge in [-0.15, -0.1) is 0 Å². The topological polar surface area (TPSA) is 72.5 Å². The zero-order valence-corrected chi connectivity index (χ0v) is 15.0. The van der Waals surface area contributed by atoms with Crippen LogP contribution in [0, 0.1) is 6.92 Å². The monoisotopic (exact) mass is 351 g/mol. The van der Waals surface area contributed by atoms with Crippen LogP contribution in [0.1, 0.15) is 35.3 Å². The van der Waals surface area contributed by atoms with Gasteiger partial charge in [-0.1, -0.05) is 42.0 Å². The number of nitrogens with one attached hydrogen (secondary N) is 1. The number of ketones is 1. The Morgan fingerprint density at radius 3 is 2.50 bits per heavy atom. The molecule has 0 saturated heterocycles. The smallest absolute Gasteiger partial charge is 0.331 e. The number of anilines is 1. The van der Waals surface area contributed by atoms with Gasteiger partial charge in [-0.25, -0.2) is 4.79 Å². The summed E-state index contributed by atoms with van der Waals surface area (Å²) in [4.78, 5) is 35.7. The molecule has 1 N–H and O–H groups in total. The molecule has 5 nitrogen and oxygen atoms in total. The average Bonchev–Trinajstić information content (AvgIpc) is 2.60. The lowest BCUT2D eigenvalue weighted by atomic mass is 10.1. The number of ether oxygens (including phenoxy) is 1. The first kappa shape index (κ1) is 19.1. The van der Waals surface area contributed by atoms with Crippen molar-refractivity contribution in [2.75, 3.05) is 5.32 Å². The molecule has 0 aromatic heterocycles. The second kappa shape index (κ2) is 8.76. The number of rotatable bonds is 6. The highest BCUT2D eigenvalue weighted by atomic mass is 16.5. The van der Waals surface area contributed by atoms with Crippen LogP contribution < -0.4 is 5.32 Å². The third-order valence-corrected chi connectivity index (χ3v) is 3.68. The van der Waals surface area contributed by atoms with E-state index in [0.29, 0.717) is 11.3 Å². The molecule has 1 amide bonds. The third kappa shape index (κ3) is 5.41. The molecule has 0 spiro atoms. The number of carbonyl (C=O) groups is 3. The summed E-state index contributed by atoms with van der Waals surface area (Å²) in [6, 6.07) is 14.3. The fourth-order valence-electron chi connectivity index (χ4n) is 2.34. The molecule has 2 aromatic rings. The van der Waals surface area contributed by atoms with Gasteiger partial charge in [0.15, 0.2) is 11.9 Å². The molecule has 0 aliphatic rings. The van der Waals surface area contributed by atoms with Crippen LogP contribution >= 0.6 is 0 Å². The lowest BCUT2D eigenvalue weighted by molar-refractivity contribution is -0.148. The summed E-state index contributed by atoms with van der Waals surface area (Å²) in [5.74, 6) is -1.28. The summed E-state index contributed by atoms with van der Waals surface area (Å²) in [7, 11) is 0. The second-order valence-electron chi connectivity index (χ2n) is 5.92. The number of benzene rings is 2. The number of para-hydroxylation sites is 1. The second-order valence-corrected chi connectivity index (χ2v) is 5.92. The van der Waals surface area contributed by atoms with Crippen LogP contribution in [0.5, 0.6) is 0 Å². The molecule has 0 aliphatic carbocycles. The van der Waals surface area contributed by atoms with E-state index in [1.807, 2.05) is 31.2 Å². The van der Waals surface area contributed by atoms with Gasteiger partial charge in [0.1, 0.15) is 0 Å². The minimum Gasteiger partial charge on any atom is -0.449 e. The Bertz CT molecular complexity index is 855. The molecule has 0 radical (unpaired) electrons. The highest BCUT2D eigenvalue weighted by Gasteiger charge is 2.18. The zero-order chi connectivity index (χ0) is 19.1. The number of Topliss-reactive ketones (excluding diaryl/α,β-unsaturated/α-hetero) is 1. The lowest BCUT2D eigenvalue weighted by Gasteiger charge is -2.14. The average molecular weight is 351 g/mol. The molecule has 0 bridgehead atoms. The van der Waals surface area contributed by atoms with E-state index in [1.54, 1.807) is 30.3 Å². The van der Waals surface area contributed by atoms with Crippen LogP contribution in [0.3, 0.4) is 0 Å². The van der Waals surface area contributed by atoms with Gasteiger partial charge in [-0.2, -0.15) is 0 Å². The lowest BCUT2D eigenvalue weighted by Crippen LogP contribution is -2.30. The molecule has 2 rings (SSSR count).